The molecule has 2 aromatic rings. The summed E-state index contributed by atoms with van der Waals surface area (Å²) in [5.41, 5.74) is 1.95. The van der Waals surface area contributed by atoms with Gasteiger partial charge in [-0.1, -0.05) is 57.0 Å². The normalized spacial score (nSPS) is 22.6. The maximum atomic E-state index is 14.1. The number of allylic oxidation sites excluding steroid dienone is 1. The summed E-state index contributed by atoms with van der Waals surface area (Å²) in [6, 6.07) is 6.28. The van der Waals surface area contributed by atoms with Gasteiger partial charge in [-0.2, -0.15) is 0 Å². The molecule has 4 amide bonds. The fourth-order valence-corrected chi connectivity index (χ4v) is 7.25. The van der Waals surface area contributed by atoms with Crippen LogP contribution >= 0.6 is 11.9 Å². The lowest BCUT2D eigenvalue weighted by atomic mass is 9.87. The van der Waals surface area contributed by atoms with E-state index in [1.165, 1.54) is 16.8 Å². The van der Waals surface area contributed by atoms with Gasteiger partial charge in [0.15, 0.2) is 0 Å². The standard InChI is InChI=1S/C35H47N5O5S/c1-5-6-7-8-9-12-23(2)30(33(44)39-46-34(4)17-18-34)38-32(43)28-19-35(21-40(28)29(42)20-36-22-41)16-15-26-25-13-10-11-14-27(25)37-24(3)31(26)45-35/h9-14,22-23,28,30H,5-8,15-21H2,1-4H3,(H,36,41)(H,38,43)(H,39,44)/b12-9-/t23-,28?,30?,35+/m0/s1. The molecule has 1 saturated carbocycles. The Morgan fingerprint density at radius 3 is 2.72 bits per heavy atom. The second kappa shape index (κ2) is 14.4. The van der Waals surface area contributed by atoms with E-state index < -0.39 is 23.6 Å². The van der Waals surface area contributed by atoms with E-state index in [1.807, 2.05) is 44.2 Å². The van der Waals surface area contributed by atoms with Crippen molar-refractivity contribution in [3.8, 4) is 5.75 Å². The van der Waals surface area contributed by atoms with Gasteiger partial charge in [0.25, 0.3) is 5.91 Å². The first-order chi connectivity index (χ1) is 22.1. The molecule has 248 valence electrons. The number of rotatable bonds is 14. The molecule has 10 nitrogen and oxygen atoms in total. The zero-order chi connectivity index (χ0) is 32.9. The number of unbranched alkanes of at least 4 members (excludes halogenated alkanes) is 3. The molecule has 4 atom stereocenters. The number of likely N-dealkylation sites (tertiary alicyclic amines) is 1. The molecule has 11 heteroatoms. The number of fused-ring (bicyclic) bond motifs is 3. The summed E-state index contributed by atoms with van der Waals surface area (Å²) < 4.78 is 9.75. The first kappa shape index (κ1) is 33.8. The van der Waals surface area contributed by atoms with E-state index in [0.29, 0.717) is 25.0 Å². The number of ether oxygens (including phenoxy) is 1. The largest absolute Gasteiger partial charge is 0.483 e. The minimum Gasteiger partial charge on any atom is -0.483 e. The fourth-order valence-electron chi connectivity index (χ4n) is 6.47. The van der Waals surface area contributed by atoms with Crippen molar-refractivity contribution >= 4 is 47.0 Å². The SMILES string of the molecule is CCCCC/C=C\[C@H](C)C(NC(=O)C1C[C@]2(CCc3c(c(C)nc4ccccc34)O2)CN1C(=O)CNC=O)C(=O)NSC1(C)CC1. The second-order valence-electron chi connectivity index (χ2n) is 13.3. The molecule has 2 aliphatic heterocycles. The van der Waals surface area contributed by atoms with Crippen molar-refractivity contribution in [2.45, 2.75) is 108 Å². The van der Waals surface area contributed by atoms with Gasteiger partial charge in [0.1, 0.15) is 23.4 Å². The topological polar surface area (TPSA) is 130 Å². The third-order valence-electron chi connectivity index (χ3n) is 9.50. The molecule has 0 radical (unpaired) electrons. The van der Waals surface area contributed by atoms with Gasteiger partial charge in [0.2, 0.25) is 18.2 Å². The molecule has 46 heavy (non-hydrogen) atoms. The first-order valence-corrected chi connectivity index (χ1v) is 17.4. The third-order valence-corrected chi connectivity index (χ3v) is 10.7. The zero-order valence-electron chi connectivity index (χ0n) is 27.4. The van der Waals surface area contributed by atoms with E-state index >= 15 is 0 Å². The van der Waals surface area contributed by atoms with E-state index in [-0.39, 0.29) is 42.0 Å². The molecule has 1 aliphatic carbocycles. The monoisotopic (exact) mass is 649 g/mol. The van der Waals surface area contributed by atoms with Gasteiger partial charge in [0.05, 0.1) is 24.3 Å². The van der Waals surface area contributed by atoms with Gasteiger partial charge >= 0.3 is 0 Å². The summed E-state index contributed by atoms with van der Waals surface area (Å²) in [5, 5.41) is 6.50. The molecule has 1 saturated heterocycles. The highest BCUT2D eigenvalue weighted by atomic mass is 32.2. The minimum absolute atomic E-state index is 0.0308. The number of hydrogen-bond donors (Lipinski definition) is 3. The quantitative estimate of drug-likeness (QED) is 0.119. The van der Waals surface area contributed by atoms with Crippen LogP contribution in [0.5, 0.6) is 5.75 Å². The van der Waals surface area contributed by atoms with Crippen LogP contribution in [0.2, 0.25) is 0 Å². The number of aromatic nitrogens is 1. The number of para-hydroxylation sites is 1. The Kier molecular flexibility index (Phi) is 10.6. The van der Waals surface area contributed by atoms with Crippen molar-refractivity contribution in [3.63, 3.8) is 0 Å². The zero-order valence-corrected chi connectivity index (χ0v) is 28.2. The number of pyridine rings is 1. The molecule has 2 unspecified atom stereocenters. The van der Waals surface area contributed by atoms with E-state index in [0.717, 1.165) is 60.7 Å². The molecule has 5 rings (SSSR count). The number of carbonyl (C=O) groups excluding carboxylic acids is 4. The molecule has 3 N–H and O–H groups in total. The smallest absolute Gasteiger partial charge is 0.252 e. The van der Waals surface area contributed by atoms with Crippen molar-refractivity contribution in [1.29, 1.82) is 0 Å². The predicted octanol–water partition coefficient (Wildman–Crippen LogP) is 4.53. The number of hydrogen-bond acceptors (Lipinski definition) is 7. The molecule has 1 aromatic heterocycles. The van der Waals surface area contributed by atoms with Gasteiger partial charge in [-0.15, -0.1) is 0 Å². The minimum atomic E-state index is -0.874. The van der Waals surface area contributed by atoms with Crippen LogP contribution in [0.1, 0.15) is 83.4 Å². The Morgan fingerprint density at radius 1 is 1.20 bits per heavy atom. The Balaban J connectivity index is 1.38. The maximum Gasteiger partial charge on any atom is 0.252 e. The highest BCUT2D eigenvalue weighted by molar-refractivity contribution is 7.99. The molecular formula is C35H47N5O5S. The van der Waals surface area contributed by atoms with E-state index in [1.54, 1.807) is 0 Å². The summed E-state index contributed by atoms with van der Waals surface area (Å²) in [6.07, 6.45) is 12.5. The average molecular weight is 650 g/mol. The third kappa shape index (κ3) is 7.67. The van der Waals surface area contributed by atoms with Gasteiger partial charge in [-0.25, -0.2) is 4.98 Å². The number of benzene rings is 1. The van der Waals surface area contributed by atoms with Gasteiger partial charge in [-0.3, -0.25) is 23.9 Å². The molecule has 1 spiro atoms. The molecule has 3 heterocycles. The van der Waals surface area contributed by atoms with Crippen LogP contribution in [-0.2, 0) is 25.6 Å². The Hall–Kier alpha value is -3.60. The van der Waals surface area contributed by atoms with Crippen molar-refractivity contribution < 1.29 is 23.9 Å². The molecule has 2 fully saturated rings. The van der Waals surface area contributed by atoms with Crippen molar-refractivity contribution in [1.82, 2.24) is 25.2 Å². The van der Waals surface area contributed by atoms with Crippen molar-refractivity contribution in [2.24, 2.45) is 5.92 Å². The lowest BCUT2D eigenvalue weighted by Crippen LogP contribution is -2.55. The highest BCUT2D eigenvalue weighted by Gasteiger charge is 2.52. The van der Waals surface area contributed by atoms with Crippen molar-refractivity contribution in [3.05, 3.63) is 47.7 Å². The average Bonchev–Trinajstić information content (AvgIpc) is 3.68. The van der Waals surface area contributed by atoms with Crippen LogP contribution in [-0.4, -0.2) is 69.5 Å². The number of aryl methyl sites for hydroxylation is 2. The number of carbonyl (C=O) groups is 4. The van der Waals surface area contributed by atoms with Crippen LogP contribution in [0.4, 0.5) is 0 Å². The summed E-state index contributed by atoms with van der Waals surface area (Å²) in [4.78, 5) is 58.4. The van der Waals surface area contributed by atoms with Crippen molar-refractivity contribution in [2.75, 3.05) is 13.1 Å². The second-order valence-corrected chi connectivity index (χ2v) is 14.7. The summed E-state index contributed by atoms with van der Waals surface area (Å²) in [6.45, 7) is 8.07. The summed E-state index contributed by atoms with van der Waals surface area (Å²) in [5.74, 6) is -0.618. The van der Waals surface area contributed by atoms with Gasteiger partial charge in [-0.05, 0) is 70.4 Å². The number of amides is 4. The summed E-state index contributed by atoms with van der Waals surface area (Å²) in [7, 11) is 0. The molecule has 0 bridgehead atoms. The fraction of sp³-hybridized carbons (Fsp3) is 0.571. The van der Waals surface area contributed by atoms with E-state index in [2.05, 4.69) is 35.3 Å². The molecule has 1 aromatic carbocycles. The van der Waals surface area contributed by atoms with Gasteiger partial charge in [0, 0.05) is 28.0 Å². The molecule has 3 aliphatic rings. The van der Waals surface area contributed by atoms with E-state index in [4.69, 9.17) is 9.72 Å². The van der Waals surface area contributed by atoms with E-state index in [9.17, 15) is 19.2 Å². The number of nitrogens with one attached hydrogen (secondary N) is 3. The Labute approximate surface area is 276 Å². The van der Waals surface area contributed by atoms with Crippen LogP contribution < -0.4 is 20.1 Å². The van der Waals surface area contributed by atoms with Crippen LogP contribution in [0, 0.1) is 12.8 Å². The van der Waals surface area contributed by atoms with Crippen LogP contribution in [0.3, 0.4) is 0 Å². The predicted molar refractivity (Wildman–Crippen MR) is 180 cm³/mol. The maximum absolute atomic E-state index is 14.1. The first-order valence-electron chi connectivity index (χ1n) is 16.6. The number of nitrogens with zero attached hydrogens (tertiary/aromatic N) is 2. The lowest BCUT2D eigenvalue weighted by molar-refractivity contribution is -0.139. The lowest BCUT2D eigenvalue weighted by Gasteiger charge is -2.36. The van der Waals surface area contributed by atoms with Crippen LogP contribution in [0.25, 0.3) is 10.9 Å². The van der Waals surface area contributed by atoms with Gasteiger partial charge < -0.3 is 20.3 Å². The molecular weight excluding hydrogens is 602 g/mol. The Morgan fingerprint density at radius 2 is 1.98 bits per heavy atom. The Bertz CT molecular complexity index is 1490. The summed E-state index contributed by atoms with van der Waals surface area (Å²) >= 11 is 1.41. The van der Waals surface area contributed by atoms with Crippen LogP contribution in [0.15, 0.2) is 36.4 Å². The highest BCUT2D eigenvalue weighted by Crippen LogP contribution is 2.46.